The minimum atomic E-state index is -2.99. The predicted molar refractivity (Wildman–Crippen MR) is 80.6 cm³/mol. The van der Waals surface area contributed by atoms with Gasteiger partial charge in [0.05, 0.1) is 12.4 Å². The zero-order valence-corrected chi connectivity index (χ0v) is 13.2. The fraction of sp³-hybridized carbons (Fsp3) is 0.667. The Morgan fingerprint density at radius 1 is 1.38 bits per heavy atom. The number of nitrogens with zero attached hydrogens (tertiary/aromatic N) is 2. The van der Waals surface area contributed by atoms with E-state index in [0.717, 1.165) is 13.0 Å². The minimum Gasteiger partial charge on any atom is -0.381 e. The van der Waals surface area contributed by atoms with E-state index in [1.807, 2.05) is 19.1 Å². The van der Waals surface area contributed by atoms with E-state index in [-0.39, 0.29) is 5.92 Å². The van der Waals surface area contributed by atoms with Crippen molar-refractivity contribution in [1.82, 2.24) is 9.88 Å². The molecule has 2 aliphatic rings. The van der Waals surface area contributed by atoms with Crippen LogP contribution in [0.4, 0.5) is 0 Å². The third kappa shape index (κ3) is 2.60. The lowest BCUT2D eigenvalue weighted by molar-refractivity contribution is 0.0292. The molecular formula is C15H22N2O3S. The second-order valence-corrected chi connectivity index (χ2v) is 8.48. The summed E-state index contributed by atoms with van der Waals surface area (Å²) >= 11 is 0. The molecule has 5 nitrogen and oxygen atoms in total. The molecular weight excluding hydrogens is 288 g/mol. The first-order chi connectivity index (χ1) is 10.1. The highest BCUT2D eigenvalue weighted by atomic mass is 32.2. The number of hydrogen-bond donors (Lipinski definition) is 0. The van der Waals surface area contributed by atoms with Crippen LogP contribution in [0.3, 0.4) is 0 Å². The van der Waals surface area contributed by atoms with Crippen molar-refractivity contribution in [2.45, 2.75) is 24.6 Å². The summed E-state index contributed by atoms with van der Waals surface area (Å²) in [5.74, 6) is 0.463. The maximum Gasteiger partial charge on any atom is 0.158 e. The molecule has 116 valence electrons. The van der Waals surface area contributed by atoms with Gasteiger partial charge in [-0.1, -0.05) is 0 Å². The van der Waals surface area contributed by atoms with Gasteiger partial charge in [0.2, 0.25) is 0 Å². The molecule has 1 atom stereocenters. The van der Waals surface area contributed by atoms with Crippen LogP contribution in [0.5, 0.6) is 0 Å². The van der Waals surface area contributed by atoms with Crippen molar-refractivity contribution in [2.75, 3.05) is 32.1 Å². The molecule has 21 heavy (non-hydrogen) atoms. The summed E-state index contributed by atoms with van der Waals surface area (Å²) in [5, 5.41) is 0. The van der Waals surface area contributed by atoms with Crippen LogP contribution in [-0.4, -0.2) is 55.1 Å². The molecule has 2 fully saturated rings. The van der Waals surface area contributed by atoms with Crippen LogP contribution in [0.25, 0.3) is 0 Å². The predicted octanol–water partition coefficient (Wildman–Crippen LogP) is 1.11. The minimum absolute atomic E-state index is 0.149. The van der Waals surface area contributed by atoms with Gasteiger partial charge in [-0.15, -0.1) is 0 Å². The van der Waals surface area contributed by atoms with E-state index < -0.39 is 14.6 Å². The second kappa shape index (κ2) is 5.66. The molecule has 1 spiro atoms. The molecule has 1 aromatic heterocycles. The summed E-state index contributed by atoms with van der Waals surface area (Å²) < 4.78 is 29.8. The molecule has 0 unspecified atom stereocenters. The average Bonchev–Trinajstić information content (AvgIpc) is 2.69. The van der Waals surface area contributed by atoms with Gasteiger partial charge >= 0.3 is 0 Å². The van der Waals surface area contributed by atoms with Crippen LogP contribution >= 0.6 is 0 Å². The molecule has 3 rings (SSSR count). The maximum absolute atomic E-state index is 12.4. The van der Waals surface area contributed by atoms with Gasteiger partial charge in [0.15, 0.2) is 9.84 Å². The average molecular weight is 310 g/mol. The zero-order chi connectivity index (χ0) is 14.9. The Morgan fingerprint density at radius 3 is 2.76 bits per heavy atom. The van der Waals surface area contributed by atoms with Crippen molar-refractivity contribution in [3.8, 4) is 0 Å². The molecule has 0 bridgehead atoms. The fourth-order valence-electron chi connectivity index (χ4n) is 3.54. The topological polar surface area (TPSA) is 59.5 Å². The highest BCUT2D eigenvalue weighted by molar-refractivity contribution is 7.93. The van der Waals surface area contributed by atoms with Gasteiger partial charge in [0.25, 0.3) is 0 Å². The number of hydrogen-bond acceptors (Lipinski definition) is 5. The number of pyridine rings is 1. The van der Waals surface area contributed by atoms with Crippen LogP contribution in [0.15, 0.2) is 24.5 Å². The first-order valence-electron chi connectivity index (χ1n) is 7.49. The lowest BCUT2D eigenvalue weighted by Gasteiger charge is -2.50. The van der Waals surface area contributed by atoms with E-state index in [1.165, 1.54) is 5.56 Å². The number of aromatic nitrogens is 1. The molecule has 0 N–H and O–H groups in total. The zero-order valence-electron chi connectivity index (χ0n) is 12.4. The van der Waals surface area contributed by atoms with E-state index in [9.17, 15) is 8.42 Å². The maximum atomic E-state index is 12.4. The van der Waals surface area contributed by atoms with Gasteiger partial charge in [0, 0.05) is 44.6 Å². The van der Waals surface area contributed by atoms with Gasteiger partial charge in [0.1, 0.15) is 4.75 Å². The first kappa shape index (κ1) is 14.9. The molecule has 1 aromatic rings. The Balaban J connectivity index is 1.67. The highest BCUT2D eigenvalue weighted by Gasteiger charge is 2.61. The molecule has 0 aliphatic carbocycles. The molecule has 6 heteroatoms. The van der Waals surface area contributed by atoms with Gasteiger partial charge in [-0.2, -0.15) is 0 Å². The van der Waals surface area contributed by atoms with Crippen LogP contribution in [0, 0.1) is 5.92 Å². The van der Waals surface area contributed by atoms with Crippen molar-refractivity contribution in [3.63, 3.8) is 0 Å². The van der Waals surface area contributed by atoms with E-state index >= 15 is 0 Å². The highest BCUT2D eigenvalue weighted by Crippen LogP contribution is 2.45. The van der Waals surface area contributed by atoms with Crippen molar-refractivity contribution < 1.29 is 13.2 Å². The Hall–Kier alpha value is -0.980. The lowest BCUT2D eigenvalue weighted by Crippen LogP contribution is -2.67. The Morgan fingerprint density at radius 2 is 2.10 bits per heavy atom. The van der Waals surface area contributed by atoms with Crippen molar-refractivity contribution in [2.24, 2.45) is 5.92 Å². The number of likely N-dealkylation sites (tertiary alicyclic amines) is 1. The van der Waals surface area contributed by atoms with E-state index in [2.05, 4.69) is 9.88 Å². The summed E-state index contributed by atoms with van der Waals surface area (Å²) in [6.07, 6.45) is 4.29. The normalized spacial score (nSPS) is 26.8. The fourth-order valence-corrected chi connectivity index (χ4v) is 5.99. The third-order valence-electron chi connectivity index (χ3n) is 4.76. The number of ether oxygens (including phenoxy) is 1. The summed E-state index contributed by atoms with van der Waals surface area (Å²) in [6.45, 7) is 5.23. The second-order valence-electron chi connectivity index (χ2n) is 6.03. The summed E-state index contributed by atoms with van der Waals surface area (Å²) in [6, 6.07) is 3.96. The largest absolute Gasteiger partial charge is 0.381 e. The molecule has 2 aliphatic heterocycles. The van der Waals surface area contributed by atoms with Gasteiger partial charge in [-0.05, 0) is 31.0 Å². The molecule has 0 saturated carbocycles. The number of sulfone groups is 1. The van der Waals surface area contributed by atoms with Gasteiger partial charge < -0.3 is 4.74 Å². The molecule has 0 radical (unpaired) electrons. The molecule has 0 aromatic carbocycles. The summed E-state index contributed by atoms with van der Waals surface area (Å²) in [7, 11) is -2.99. The van der Waals surface area contributed by atoms with Crippen molar-refractivity contribution in [3.05, 3.63) is 30.1 Å². The summed E-state index contributed by atoms with van der Waals surface area (Å²) in [4.78, 5) is 6.21. The van der Waals surface area contributed by atoms with Gasteiger partial charge in [-0.3, -0.25) is 9.88 Å². The Bertz CT molecular complexity index is 582. The van der Waals surface area contributed by atoms with Gasteiger partial charge in [-0.25, -0.2) is 8.42 Å². The molecule has 0 amide bonds. The standard InChI is InChI=1S/C15H22N2O3S/c1-2-20-10-14-5-8-21(18,19)15(14)11-17(12-15)9-13-3-6-16-7-4-13/h3-4,6-7,14H,2,5,8-12H2,1H3/t14-/m1/s1. The molecule has 3 heterocycles. The summed E-state index contributed by atoms with van der Waals surface area (Å²) in [5.41, 5.74) is 1.18. The Labute approximate surface area is 126 Å². The van der Waals surface area contributed by atoms with E-state index in [4.69, 9.17) is 4.74 Å². The SMILES string of the molecule is CCOC[C@H]1CCS(=O)(=O)C12CN(Cc1ccncc1)C2. The Kier molecular flexibility index (Phi) is 4.03. The molecule has 2 saturated heterocycles. The van der Waals surface area contributed by atoms with Crippen LogP contribution in [-0.2, 0) is 21.1 Å². The van der Waals surface area contributed by atoms with Crippen LogP contribution < -0.4 is 0 Å². The number of rotatable bonds is 5. The van der Waals surface area contributed by atoms with Crippen LogP contribution in [0.2, 0.25) is 0 Å². The quantitative estimate of drug-likeness (QED) is 0.815. The first-order valence-corrected chi connectivity index (χ1v) is 9.14. The smallest absolute Gasteiger partial charge is 0.158 e. The van der Waals surface area contributed by atoms with E-state index in [1.54, 1.807) is 12.4 Å². The van der Waals surface area contributed by atoms with Crippen LogP contribution in [0.1, 0.15) is 18.9 Å². The van der Waals surface area contributed by atoms with Crippen molar-refractivity contribution in [1.29, 1.82) is 0 Å². The monoisotopic (exact) mass is 310 g/mol. The third-order valence-corrected chi connectivity index (χ3v) is 7.36. The van der Waals surface area contributed by atoms with Crippen molar-refractivity contribution >= 4 is 9.84 Å². The lowest BCUT2D eigenvalue weighted by atomic mass is 9.83. The van der Waals surface area contributed by atoms with E-state index in [0.29, 0.717) is 32.1 Å².